The second kappa shape index (κ2) is 8.28. The van der Waals surface area contributed by atoms with Gasteiger partial charge in [-0.3, -0.25) is 9.69 Å². The Hall–Kier alpha value is -2.22. The van der Waals surface area contributed by atoms with Gasteiger partial charge in [-0.15, -0.1) is 0 Å². The molecule has 5 rings (SSSR count). The zero-order valence-corrected chi connectivity index (χ0v) is 19.4. The predicted molar refractivity (Wildman–Crippen MR) is 123 cm³/mol. The van der Waals surface area contributed by atoms with E-state index in [4.69, 9.17) is 0 Å². The predicted octanol–water partition coefficient (Wildman–Crippen LogP) is 2.93. The van der Waals surface area contributed by atoms with Crippen molar-refractivity contribution < 1.29 is 13.2 Å². The average molecular weight is 454 g/mol. The first-order valence-corrected chi connectivity index (χ1v) is 13.0. The highest BCUT2D eigenvalue weighted by Gasteiger charge is 2.56. The van der Waals surface area contributed by atoms with Crippen LogP contribution in [0.3, 0.4) is 0 Å². The zero-order valence-electron chi connectivity index (χ0n) is 18.5. The van der Waals surface area contributed by atoms with Crippen molar-refractivity contribution in [2.75, 3.05) is 19.6 Å². The van der Waals surface area contributed by atoms with Crippen LogP contribution in [-0.4, -0.2) is 55.2 Å². The van der Waals surface area contributed by atoms with Crippen LogP contribution in [0.2, 0.25) is 0 Å². The maximum atomic E-state index is 13.3. The van der Waals surface area contributed by atoms with Gasteiger partial charge >= 0.3 is 0 Å². The Balaban J connectivity index is 1.27. The Morgan fingerprint density at radius 2 is 1.81 bits per heavy atom. The Labute approximate surface area is 190 Å². The van der Waals surface area contributed by atoms with Gasteiger partial charge in [0.25, 0.3) is 0 Å². The molecule has 2 aliphatic heterocycles. The van der Waals surface area contributed by atoms with E-state index >= 15 is 0 Å². The topological polar surface area (TPSA) is 69.7 Å². The largest absolute Gasteiger partial charge is 0.350 e. The van der Waals surface area contributed by atoms with E-state index in [0.717, 1.165) is 38.0 Å². The molecule has 0 aromatic heterocycles. The average Bonchev–Trinajstić information content (AvgIpc) is 3.23. The third-order valence-corrected chi connectivity index (χ3v) is 9.23. The van der Waals surface area contributed by atoms with Crippen molar-refractivity contribution in [3.63, 3.8) is 0 Å². The lowest BCUT2D eigenvalue weighted by Gasteiger charge is -2.26. The Kier molecular flexibility index (Phi) is 5.60. The van der Waals surface area contributed by atoms with Crippen LogP contribution in [0.1, 0.15) is 36.8 Å². The van der Waals surface area contributed by atoms with Crippen molar-refractivity contribution in [2.24, 2.45) is 5.41 Å². The molecule has 0 radical (unpaired) electrons. The van der Waals surface area contributed by atoms with Gasteiger partial charge in [-0.1, -0.05) is 48.0 Å². The number of sulfonamides is 1. The molecule has 1 unspecified atom stereocenters. The fourth-order valence-electron chi connectivity index (χ4n) is 5.30. The summed E-state index contributed by atoms with van der Waals surface area (Å²) in [6.07, 6.45) is 3.53. The Morgan fingerprint density at radius 1 is 1.09 bits per heavy atom. The molecular formula is C25H31N3O3S. The number of amides is 1. The number of rotatable bonds is 6. The van der Waals surface area contributed by atoms with Crippen LogP contribution < -0.4 is 5.32 Å². The van der Waals surface area contributed by atoms with E-state index in [0.29, 0.717) is 19.4 Å². The molecule has 2 aromatic rings. The maximum absolute atomic E-state index is 13.3. The van der Waals surface area contributed by atoms with Gasteiger partial charge in [0.05, 0.1) is 4.90 Å². The van der Waals surface area contributed by atoms with Gasteiger partial charge in [0.2, 0.25) is 15.9 Å². The molecule has 3 aliphatic rings. The van der Waals surface area contributed by atoms with Gasteiger partial charge in [0.1, 0.15) is 6.04 Å². The molecule has 0 bridgehead atoms. The monoisotopic (exact) mass is 453 g/mol. The molecule has 1 aliphatic carbocycles. The van der Waals surface area contributed by atoms with E-state index in [1.807, 2.05) is 13.0 Å². The van der Waals surface area contributed by atoms with Gasteiger partial charge in [-0.05, 0) is 50.3 Å². The second-order valence-electron chi connectivity index (χ2n) is 9.67. The highest BCUT2D eigenvalue weighted by Crippen LogP contribution is 2.53. The second-order valence-corrected chi connectivity index (χ2v) is 11.6. The summed E-state index contributed by atoms with van der Waals surface area (Å²) in [5.41, 5.74) is 2.45. The Morgan fingerprint density at radius 3 is 2.50 bits per heavy atom. The van der Waals surface area contributed by atoms with Crippen molar-refractivity contribution in [2.45, 2.75) is 56.1 Å². The summed E-state index contributed by atoms with van der Waals surface area (Å²) in [4.78, 5) is 16.0. The molecule has 170 valence electrons. The fourth-order valence-corrected chi connectivity index (χ4v) is 6.96. The summed E-state index contributed by atoms with van der Waals surface area (Å²) in [5.74, 6) is -0.143. The summed E-state index contributed by atoms with van der Waals surface area (Å²) in [6.45, 7) is 5.01. The molecule has 7 heteroatoms. The summed E-state index contributed by atoms with van der Waals surface area (Å²) in [7, 11) is -3.69. The smallest absolute Gasteiger partial charge is 0.243 e. The van der Waals surface area contributed by atoms with Crippen LogP contribution in [0.5, 0.6) is 0 Å². The molecule has 2 heterocycles. The van der Waals surface area contributed by atoms with E-state index in [2.05, 4.69) is 34.5 Å². The van der Waals surface area contributed by atoms with Crippen LogP contribution in [0.4, 0.5) is 0 Å². The summed E-state index contributed by atoms with van der Waals surface area (Å²) < 4.78 is 27.9. The van der Waals surface area contributed by atoms with Gasteiger partial charge in [0, 0.05) is 37.6 Å². The minimum absolute atomic E-state index is 0.0863. The zero-order chi connectivity index (χ0) is 22.3. The first kappa shape index (κ1) is 21.6. The molecule has 1 spiro atoms. The SMILES string of the molecule is Cc1ccc(S(=O)(=O)N2CCC[C@@H]2C(=O)NC2CN(Cc3ccccc3)CC23CC3)cc1. The molecule has 6 nitrogen and oxygen atoms in total. The number of aryl methyl sites for hydroxylation is 1. The minimum Gasteiger partial charge on any atom is -0.350 e. The number of nitrogens with zero attached hydrogens (tertiary/aromatic N) is 2. The lowest BCUT2D eigenvalue weighted by Crippen LogP contribution is -2.51. The fraction of sp³-hybridized carbons (Fsp3) is 0.480. The number of nitrogens with one attached hydrogen (secondary N) is 1. The summed E-state index contributed by atoms with van der Waals surface area (Å²) in [5, 5.41) is 3.27. The number of carbonyl (C=O) groups is 1. The van der Waals surface area contributed by atoms with Crippen LogP contribution in [-0.2, 0) is 21.4 Å². The number of likely N-dealkylation sites (tertiary alicyclic amines) is 1. The van der Waals surface area contributed by atoms with Gasteiger partial charge in [-0.25, -0.2) is 8.42 Å². The normalized spacial score (nSPS) is 25.3. The number of hydrogen-bond donors (Lipinski definition) is 1. The van der Waals surface area contributed by atoms with Crippen LogP contribution >= 0.6 is 0 Å². The van der Waals surface area contributed by atoms with E-state index in [-0.39, 0.29) is 22.3 Å². The number of hydrogen-bond acceptors (Lipinski definition) is 4. The number of carbonyl (C=O) groups excluding carboxylic acids is 1. The lowest BCUT2D eigenvalue weighted by atomic mass is 10.0. The van der Waals surface area contributed by atoms with E-state index in [9.17, 15) is 13.2 Å². The van der Waals surface area contributed by atoms with Gasteiger partial charge < -0.3 is 5.32 Å². The molecule has 2 atom stereocenters. The van der Waals surface area contributed by atoms with Crippen molar-refractivity contribution in [1.29, 1.82) is 0 Å². The maximum Gasteiger partial charge on any atom is 0.243 e. The van der Waals surface area contributed by atoms with Crippen molar-refractivity contribution in [3.8, 4) is 0 Å². The van der Waals surface area contributed by atoms with Crippen LogP contribution in [0.25, 0.3) is 0 Å². The molecule has 1 N–H and O–H groups in total. The summed E-state index contributed by atoms with van der Waals surface area (Å²) >= 11 is 0. The summed E-state index contributed by atoms with van der Waals surface area (Å²) in [6, 6.07) is 16.7. The molecule has 1 saturated carbocycles. The lowest BCUT2D eigenvalue weighted by molar-refractivity contribution is -0.125. The standard InChI is InChI=1S/C25H31N3O3S/c1-19-9-11-21(12-10-19)32(30,31)28-15-5-8-22(28)24(29)26-23-17-27(18-25(23)13-14-25)16-20-6-3-2-4-7-20/h2-4,6-7,9-12,22-23H,5,8,13-18H2,1H3,(H,26,29)/t22-,23?/m1/s1. The highest BCUT2D eigenvalue weighted by atomic mass is 32.2. The van der Waals surface area contributed by atoms with Crippen LogP contribution in [0.15, 0.2) is 59.5 Å². The first-order chi connectivity index (χ1) is 15.4. The van der Waals surface area contributed by atoms with Crippen LogP contribution in [0, 0.1) is 12.3 Å². The minimum atomic E-state index is -3.69. The highest BCUT2D eigenvalue weighted by molar-refractivity contribution is 7.89. The third-order valence-electron chi connectivity index (χ3n) is 7.31. The van der Waals surface area contributed by atoms with E-state index < -0.39 is 16.1 Å². The number of benzene rings is 2. The molecule has 1 amide bonds. The van der Waals surface area contributed by atoms with E-state index in [1.54, 1.807) is 24.3 Å². The van der Waals surface area contributed by atoms with Crippen molar-refractivity contribution in [3.05, 3.63) is 65.7 Å². The van der Waals surface area contributed by atoms with Gasteiger partial charge in [0.15, 0.2) is 0 Å². The Bertz CT molecular complexity index is 1080. The van der Waals surface area contributed by atoms with Crippen molar-refractivity contribution >= 4 is 15.9 Å². The van der Waals surface area contributed by atoms with Gasteiger partial charge in [-0.2, -0.15) is 4.31 Å². The van der Waals surface area contributed by atoms with E-state index in [1.165, 1.54) is 9.87 Å². The molecule has 2 aromatic carbocycles. The molecule has 2 saturated heterocycles. The van der Waals surface area contributed by atoms with Crippen molar-refractivity contribution in [1.82, 2.24) is 14.5 Å². The molecule has 3 fully saturated rings. The molecule has 32 heavy (non-hydrogen) atoms. The third kappa shape index (κ3) is 4.09. The molecular weight excluding hydrogens is 422 g/mol. The first-order valence-electron chi connectivity index (χ1n) is 11.5. The quantitative estimate of drug-likeness (QED) is 0.730.